The minimum atomic E-state index is -0.473. The zero-order chi connectivity index (χ0) is 35.8. The molecule has 0 fully saturated rings. The van der Waals surface area contributed by atoms with Gasteiger partial charge in [-0.2, -0.15) is 0 Å². The van der Waals surface area contributed by atoms with Gasteiger partial charge in [0.05, 0.1) is 5.41 Å². The van der Waals surface area contributed by atoms with Crippen LogP contribution < -0.4 is 0 Å². The van der Waals surface area contributed by atoms with Gasteiger partial charge in [-0.1, -0.05) is 182 Å². The van der Waals surface area contributed by atoms with Gasteiger partial charge in [0.1, 0.15) is 0 Å². The maximum absolute atomic E-state index is 2.52. The van der Waals surface area contributed by atoms with E-state index in [1.165, 1.54) is 121 Å². The van der Waals surface area contributed by atoms with Crippen LogP contribution in [-0.4, -0.2) is 0 Å². The number of hydrogen-bond acceptors (Lipinski definition) is 0. The van der Waals surface area contributed by atoms with Gasteiger partial charge in [-0.05, 0) is 133 Å². The summed E-state index contributed by atoms with van der Waals surface area (Å²) in [5, 5.41) is 13.0. The molecule has 0 heterocycles. The first-order valence-electron chi connectivity index (χ1n) is 19.3. The van der Waals surface area contributed by atoms with Crippen LogP contribution in [0.4, 0.5) is 0 Å². The third-order valence-corrected chi connectivity index (χ3v) is 13.0. The van der Waals surface area contributed by atoms with Crippen molar-refractivity contribution in [3.8, 4) is 44.5 Å². The summed E-state index contributed by atoms with van der Waals surface area (Å²) in [7, 11) is 0. The molecule has 0 nitrogen and oxygen atoms in total. The average molecular weight is 693 g/mol. The highest BCUT2D eigenvalue weighted by Gasteiger charge is 2.53. The third-order valence-electron chi connectivity index (χ3n) is 13.0. The summed E-state index contributed by atoms with van der Waals surface area (Å²) in [5.41, 5.74) is 15.4. The number of hydrogen-bond donors (Lipinski definition) is 0. The Morgan fingerprint density at radius 1 is 0.273 bits per heavy atom. The van der Waals surface area contributed by atoms with Crippen molar-refractivity contribution >= 4 is 53.9 Å². The summed E-state index contributed by atoms with van der Waals surface area (Å²) in [6.45, 7) is 0. The molecule has 55 heavy (non-hydrogen) atoms. The van der Waals surface area contributed by atoms with Gasteiger partial charge in [0.15, 0.2) is 0 Å². The van der Waals surface area contributed by atoms with Crippen molar-refractivity contribution in [2.45, 2.75) is 5.41 Å². The highest BCUT2D eigenvalue weighted by atomic mass is 14.5. The van der Waals surface area contributed by atoms with E-state index in [0.717, 1.165) is 0 Å². The molecule has 0 atom stereocenters. The van der Waals surface area contributed by atoms with Crippen molar-refractivity contribution in [3.63, 3.8) is 0 Å². The smallest absolute Gasteiger partial charge is 0.0619 e. The second kappa shape index (κ2) is 10.6. The Kier molecular flexibility index (Phi) is 5.65. The van der Waals surface area contributed by atoms with Crippen LogP contribution in [-0.2, 0) is 5.41 Å². The molecule has 0 amide bonds. The van der Waals surface area contributed by atoms with E-state index in [4.69, 9.17) is 0 Å². The topological polar surface area (TPSA) is 0 Å². The van der Waals surface area contributed by atoms with Crippen LogP contribution in [0.2, 0.25) is 0 Å². The molecule has 11 aromatic rings. The largest absolute Gasteiger partial charge is 0.0731 e. The minimum Gasteiger partial charge on any atom is -0.0619 e. The van der Waals surface area contributed by atoms with E-state index in [1.54, 1.807) is 0 Å². The molecule has 0 N–H and O–H groups in total. The number of fused-ring (bicyclic) bond motifs is 13. The normalized spacial score (nSPS) is 13.6. The van der Waals surface area contributed by atoms with E-state index >= 15 is 0 Å². The standard InChI is InChI=1S/C55H32/c1-2-15-39-33(11-1)12-10-19-41(39)47-32-38-26-25-37(40-29-27-36-24-23-34-13-9-14-35-28-30-44(40)52(36)51(34)35)31-46(38)54-53(47)45-18-5-8-22-50(45)55(54)48-20-6-3-16-42(48)43-17-4-7-21-49(43)55/h1-32H. The van der Waals surface area contributed by atoms with Crippen LogP contribution in [0.25, 0.3) is 98.4 Å². The average Bonchev–Trinajstić information content (AvgIpc) is 3.73. The van der Waals surface area contributed by atoms with Crippen molar-refractivity contribution in [2.75, 3.05) is 0 Å². The van der Waals surface area contributed by atoms with E-state index in [0.29, 0.717) is 0 Å². The summed E-state index contributed by atoms with van der Waals surface area (Å²) < 4.78 is 0. The van der Waals surface area contributed by atoms with Crippen LogP contribution >= 0.6 is 0 Å². The third kappa shape index (κ3) is 3.67. The second-order valence-electron chi connectivity index (χ2n) is 15.5. The monoisotopic (exact) mass is 692 g/mol. The SMILES string of the molecule is c1ccc2c(c1)-c1ccccc1C21c2ccccc2-c2c(-c3cccc4ccccc34)cc3ccc(-c4ccc5ccc6cccc7ccc4c5c67)cc3c21. The van der Waals surface area contributed by atoms with Crippen LogP contribution in [0.3, 0.4) is 0 Å². The molecule has 0 heteroatoms. The van der Waals surface area contributed by atoms with Gasteiger partial charge in [0, 0.05) is 0 Å². The quantitative estimate of drug-likeness (QED) is 0.158. The molecule has 0 aromatic heterocycles. The van der Waals surface area contributed by atoms with E-state index < -0.39 is 5.41 Å². The predicted molar refractivity (Wildman–Crippen MR) is 232 cm³/mol. The Labute approximate surface area is 318 Å². The number of rotatable bonds is 2. The van der Waals surface area contributed by atoms with E-state index in [9.17, 15) is 0 Å². The lowest BCUT2D eigenvalue weighted by Gasteiger charge is -2.32. The molecule has 13 rings (SSSR count). The molecule has 0 radical (unpaired) electrons. The van der Waals surface area contributed by atoms with Crippen molar-refractivity contribution in [1.82, 2.24) is 0 Å². The Hall–Kier alpha value is -7.02. The molecule has 11 aromatic carbocycles. The molecular weight excluding hydrogens is 661 g/mol. The fraction of sp³-hybridized carbons (Fsp3) is 0.0182. The van der Waals surface area contributed by atoms with Gasteiger partial charge >= 0.3 is 0 Å². The number of benzene rings is 11. The molecule has 2 aliphatic rings. The summed E-state index contributed by atoms with van der Waals surface area (Å²) in [5.74, 6) is 0. The first-order valence-corrected chi connectivity index (χ1v) is 19.3. The Balaban J connectivity index is 1.20. The zero-order valence-electron chi connectivity index (χ0n) is 30.0. The molecular formula is C55H32. The molecule has 0 bridgehead atoms. The van der Waals surface area contributed by atoms with Gasteiger partial charge in [-0.25, -0.2) is 0 Å². The van der Waals surface area contributed by atoms with Gasteiger partial charge < -0.3 is 0 Å². The van der Waals surface area contributed by atoms with E-state index in [-0.39, 0.29) is 0 Å². The fourth-order valence-corrected chi connectivity index (χ4v) is 10.8. The highest BCUT2D eigenvalue weighted by Crippen LogP contribution is 2.65. The summed E-state index contributed by atoms with van der Waals surface area (Å²) in [4.78, 5) is 0. The van der Waals surface area contributed by atoms with Gasteiger partial charge in [-0.3, -0.25) is 0 Å². The molecule has 0 saturated carbocycles. The van der Waals surface area contributed by atoms with Gasteiger partial charge in [0.2, 0.25) is 0 Å². The van der Waals surface area contributed by atoms with E-state index in [2.05, 4.69) is 194 Å². The second-order valence-corrected chi connectivity index (χ2v) is 15.5. The molecule has 0 unspecified atom stereocenters. The maximum atomic E-state index is 2.52. The van der Waals surface area contributed by atoms with Crippen LogP contribution in [0.5, 0.6) is 0 Å². The van der Waals surface area contributed by atoms with Gasteiger partial charge in [0.25, 0.3) is 0 Å². The summed E-state index contributed by atoms with van der Waals surface area (Å²) in [6, 6.07) is 73.5. The summed E-state index contributed by atoms with van der Waals surface area (Å²) in [6.07, 6.45) is 0. The minimum absolute atomic E-state index is 0.473. The zero-order valence-corrected chi connectivity index (χ0v) is 30.0. The first-order chi connectivity index (χ1) is 27.3. The lowest BCUT2D eigenvalue weighted by atomic mass is 9.69. The maximum Gasteiger partial charge on any atom is 0.0731 e. The van der Waals surface area contributed by atoms with Crippen molar-refractivity contribution in [2.24, 2.45) is 0 Å². The molecule has 0 aliphatic heterocycles. The lowest BCUT2D eigenvalue weighted by Crippen LogP contribution is -2.26. The van der Waals surface area contributed by atoms with Crippen LogP contribution in [0.15, 0.2) is 194 Å². The fourth-order valence-electron chi connectivity index (χ4n) is 10.8. The molecule has 252 valence electrons. The van der Waals surface area contributed by atoms with Crippen molar-refractivity contribution in [1.29, 1.82) is 0 Å². The first kappa shape index (κ1) is 29.4. The van der Waals surface area contributed by atoms with Crippen LogP contribution in [0, 0.1) is 0 Å². The van der Waals surface area contributed by atoms with E-state index in [1.807, 2.05) is 0 Å². The molecule has 0 saturated heterocycles. The van der Waals surface area contributed by atoms with Crippen molar-refractivity contribution in [3.05, 3.63) is 216 Å². The Morgan fingerprint density at radius 2 is 0.818 bits per heavy atom. The lowest BCUT2D eigenvalue weighted by molar-refractivity contribution is 0.801. The molecule has 1 spiro atoms. The Bertz CT molecular complexity index is 3370. The highest BCUT2D eigenvalue weighted by molar-refractivity contribution is 6.25. The molecule has 2 aliphatic carbocycles. The Morgan fingerprint density at radius 3 is 1.60 bits per heavy atom. The van der Waals surface area contributed by atoms with Gasteiger partial charge in [-0.15, -0.1) is 0 Å². The summed E-state index contributed by atoms with van der Waals surface area (Å²) >= 11 is 0. The van der Waals surface area contributed by atoms with Crippen molar-refractivity contribution < 1.29 is 0 Å². The predicted octanol–water partition coefficient (Wildman–Crippen LogP) is 14.6. The van der Waals surface area contributed by atoms with Crippen LogP contribution in [0.1, 0.15) is 22.3 Å².